The van der Waals surface area contributed by atoms with Gasteiger partial charge in [-0.05, 0) is 29.8 Å². The van der Waals surface area contributed by atoms with Gasteiger partial charge >= 0.3 is 0 Å². The highest BCUT2D eigenvalue weighted by atomic mass is 35.5. The van der Waals surface area contributed by atoms with Crippen LogP contribution in [0.1, 0.15) is 18.0 Å². The number of nitrogens with zero attached hydrogens (tertiary/aromatic N) is 2. The standard InChI is InChI=1S/C17H16ClN3O2/c1-21-15(22)9-14(16(21)11-4-3-7-19-10-11)17(23)20-13-6-2-5-12(18)8-13/h2-8,10,14,16H,9H2,1H3,(H,20,23)/t14-,16-/m0/s1. The molecule has 0 bridgehead atoms. The Labute approximate surface area is 139 Å². The van der Waals surface area contributed by atoms with Crippen LogP contribution < -0.4 is 5.32 Å². The second-order valence-corrected chi connectivity index (χ2v) is 5.98. The van der Waals surface area contributed by atoms with Crippen molar-refractivity contribution in [3.63, 3.8) is 0 Å². The van der Waals surface area contributed by atoms with Crippen molar-refractivity contribution in [3.8, 4) is 0 Å². The van der Waals surface area contributed by atoms with Crippen LogP contribution in [0.4, 0.5) is 5.69 Å². The van der Waals surface area contributed by atoms with Crippen LogP contribution in [0.3, 0.4) is 0 Å². The summed E-state index contributed by atoms with van der Waals surface area (Å²) in [7, 11) is 1.71. The number of rotatable bonds is 3. The minimum Gasteiger partial charge on any atom is -0.338 e. The molecule has 3 rings (SSSR count). The fourth-order valence-electron chi connectivity index (χ4n) is 2.91. The molecule has 1 fully saturated rings. The predicted molar refractivity (Wildman–Crippen MR) is 87.9 cm³/mol. The van der Waals surface area contributed by atoms with E-state index in [4.69, 9.17) is 11.6 Å². The lowest BCUT2D eigenvalue weighted by molar-refractivity contribution is -0.127. The van der Waals surface area contributed by atoms with Crippen LogP contribution in [0.5, 0.6) is 0 Å². The van der Waals surface area contributed by atoms with Crippen molar-refractivity contribution < 1.29 is 9.59 Å². The summed E-state index contributed by atoms with van der Waals surface area (Å²) in [6, 6.07) is 10.3. The van der Waals surface area contributed by atoms with Gasteiger partial charge < -0.3 is 10.2 Å². The molecule has 1 N–H and O–H groups in total. The molecular formula is C17H16ClN3O2. The number of carbonyl (C=O) groups excluding carboxylic acids is 2. The number of amides is 2. The number of pyridine rings is 1. The lowest BCUT2D eigenvalue weighted by Crippen LogP contribution is -2.30. The maximum absolute atomic E-state index is 12.6. The molecule has 0 unspecified atom stereocenters. The van der Waals surface area contributed by atoms with E-state index in [1.54, 1.807) is 54.7 Å². The zero-order chi connectivity index (χ0) is 16.4. The van der Waals surface area contributed by atoms with E-state index in [0.717, 1.165) is 5.56 Å². The average Bonchev–Trinajstić information content (AvgIpc) is 2.84. The molecule has 2 heterocycles. The molecule has 1 aliphatic heterocycles. The fourth-order valence-corrected chi connectivity index (χ4v) is 3.10. The summed E-state index contributed by atoms with van der Waals surface area (Å²) in [4.78, 5) is 30.4. The number of hydrogen-bond acceptors (Lipinski definition) is 3. The first-order chi connectivity index (χ1) is 11.1. The molecule has 2 aromatic rings. The van der Waals surface area contributed by atoms with Crippen LogP contribution in [-0.2, 0) is 9.59 Å². The van der Waals surface area contributed by atoms with E-state index in [9.17, 15) is 9.59 Å². The van der Waals surface area contributed by atoms with Gasteiger partial charge in [-0.25, -0.2) is 0 Å². The summed E-state index contributed by atoms with van der Waals surface area (Å²) in [5, 5.41) is 3.39. The van der Waals surface area contributed by atoms with Crippen LogP contribution in [0.25, 0.3) is 0 Å². The fraction of sp³-hybridized carbons (Fsp3) is 0.235. The molecule has 6 heteroatoms. The monoisotopic (exact) mass is 329 g/mol. The van der Waals surface area contributed by atoms with Crippen LogP contribution in [0, 0.1) is 5.92 Å². The van der Waals surface area contributed by atoms with Crippen LogP contribution in [0.15, 0.2) is 48.8 Å². The Morgan fingerprint density at radius 2 is 2.17 bits per heavy atom. The first-order valence-electron chi connectivity index (χ1n) is 7.28. The van der Waals surface area contributed by atoms with Gasteiger partial charge in [-0.1, -0.05) is 23.7 Å². The number of benzene rings is 1. The van der Waals surface area contributed by atoms with Crippen molar-refractivity contribution in [3.05, 3.63) is 59.4 Å². The van der Waals surface area contributed by atoms with Gasteiger partial charge in [-0.3, -0.25) is 14.6 Å². The molecule has 0 radical (unpaired) electrons. The van der Waals surface area contributed by atoms with Crippen molar-refractivity contribution in [2.24, 2.45) is 5.92 Å². The van der Waals surface area contributed by atoms with E-state index in [1.807, 2.05) is 6.07 Å². The number of anilines is 1. The van der Waals surface area contributed by atoms with E-state index in [2.05, 4.69) is 10.3 Å². The molecular weight excluding hydrogens is 314 g/mol. The zero-order valence-electron chi connectivity index (χ0n) is 12.6. The second-order valence-electron chi connectivity index (χ2n) is 5.55. The SMILES string of the molecule is CN1C(=O)C[C@H](C(=O)Nc2cccc(Cl)c2)[C@@H]1c1cccnc1. The van der Waals surface area contributed by atoms with Crippen molar-refractivity contribution >= 4 is 29.1 Å². The number of carbonyl (C=O) groups is 2. The third-order valence-corrected chi connectivity index (χ3v) is 4.28. The van der Waals surface area contributed by atoms with Gasteiger partial charge in [0.15, 0.2) is 0 Å². The average molecular weight is 330 g/mol. The lowest BCUT2D eigenvalue weighted by atomic mass is 9.94. The van der Waals surface area contributed by atoms with Crippen molar-refractivity contribution in [2.75, 3.05) is 12.4 Å². The lowest BCUT2D eigenvalue weighted by Gasteiger charge is -2.24. The van der Waals surface area contributed by atoms with Gasteiger partial charge in [-0.15, -0.1) is 0 Å². The summed E-state index contributed by atoms with van der Waals surface area (Å²) in [5.74, 6) is -0.709. The Morgan fingerprint density at radius 3 is 2.87 bits per heavy atom. The van der Waals surface area contributed by atoms with Gasteiger partial charge in [0.25, 0.3) is 0 Å². The normalized spacial score (nSPS) is 20.6. The van der Waals surface area contributed by atoms with E-state index in [1.165, 1.54) is 0 Å². The number of hydrogen-bond donors (Lipinski definition) is 1. The highest BCUT2D eigenvalue weighted by Gasteiger charge is 2.42. The van der Waals surface area contributed by atoms with Crippen molar-refractivity contribution in [2.45, 2.75) is 12.5 Å². The maximum Gasteiger partial charge on any atom is 0.230 e. The molecule has 0 aliphatic carbocycles. The smallest absolute Gasteiger partial charge is 0.230 e. The first-order valence-corrected chi connectivity index (χ1v) is 7.66. The summed E-state index contributed by atoms with van der Waals surface area (Å²) >= 11 is 5.94. The molecule has 23 heavy (non-hydrogen) atoms. The van der Waals surface area contributed by atoms with Gasteiger partial charge in [0.2, 0.25) is 11.8 Å². The third kappa shape index (κ3) is 3.19. The molecule has 0 spiro atoms. The molecule has 2 atom stereocenters. The zero-order valence-corrected chi connectivity index (χ0v) is 13.3. The Bertz CT molecular complexity index is 736. The van der Waals surface area contributed by atoms with Crippen molar-refractivity contribution in [1.29, 1.82) is 0 Å². The van der Waals surface area contributed by atoms with Crippen LogP contribution in [-0.4, -0.2) is 28.7 Å². The van der Waals surface area contributed by atoms with Gasteiger partial charge in [-0.2, -0.15) is 0 Å². The molecule has 1 aromatic heterocycles. The highest BCUT2D eigenvalue weighted by molar-refractivity contribution is 6.30. The van der Waals surface area contributed by atoms with Crippen LogP contribution >= 0.6 is 11.6 Å². The largest absolute Gasteiger partial charge is 0.338 e. The van der Waals surface area contributed by atoms with E-state index < -0.39 is 5.92 Å². The topological polar surface area (TPSA) is 62.3 Å². The Morgan fingerprint density at radius 1 is 1.35 bits per heavy atom. The van der Waals surface area contributed by atoms with Gasteiger partial charge in [0.05, 0.1) is 12.0 Å². The molecule has 5 nitrogen and oxygen atoms in total. The molecule has 0 saturated carbocycles. The number of nitrogens with one attached hydrogen (secondary N) is 1. The first kappa shape index (κ1) is 15.5. The molecule has 118 valence electrons. The Kier molecular flexibility index (Phi) is 4.30. The van der Waals surface area contributed by atoms with Gasteiger partial charge in [0, 0.05) is 36.6 Å². The number of likely N-dealkylation sites (tertiary alicyclic amines) is 1. The summed E-state index contributed by atoms with van der Waals surface area (Å²) < 4.78 is 0. The summed E-state index contributed by atoms with van der Waals surface area (Å²) in [6.45, 7) is 0. The molecule has 1 aromatic carbocycles. The Balaban J connectivity index is 1.84. The summed E-state index contributed by atoms with van der Waals surface area (Å²) in [5.41, 5.74) is 1.47. The maximum atomic E-state index is 12.6. The highest BCUT2D eigenvalue weighted by Crippen LogP contribution is 2.37. The molecule has 2 amide bonds. The third-order valence-electron chi connectivity index (χ3n) is 4.04. The number of halogens is 1. The van der Waals surface area contributed by atoms with E-state index in [0.29, 0.717) is 10.7 Å². The minimum atomic E-state index is -0.462. The minimum absolute atomic E-state index is 0.0508. The van der Waals surface area contributed by atoms with Crippen molar-refractivity contribution in [1.82, 2.24) is 9.88 Å². The number of aromatic nitrogens is 1. The molecule has 1 saturated heterocycles. The summed E-state index contributed by atoms with van der Waals surface area (Å²) in [6.07, 6.45) is 3.54. The van der Waals surface area contributed by atoms with Gasteiger partial charge in [0.1, 0.15) is 0 Å². The predicted octanol–water partition coefficient (Wildman–Crippen LogP) is 2.89. The Hall–Kier alpha value is -2.40. The van der Waals surface area contributed by atoms with Crippen LogP contribution in [0.2, 0.25) is 5.02 Å². The van der Waals surface area contributed by atoms with E-state index in [-0.39, 0.29) is 24.3 Å². The quantitative estimate of drug-likeness (QED) is 0.941. The molecule has 1 aliphatic rings. The van der Waals surface area contributed by atoms with E-state index >= 15 is 0 Å². The second kappa shape index (κ2) is 6.38.